The summed E-state index contributed by atoms with van der Waals surface area (Å²) in [6, 6.07) is 3.27. The topological polar surface area (TPSA) is 70.7 Å². The standard InChI is InChI=1S/C11H9BrCl2N4O/c1-2-8-15-10(18-17-8)11(19)16-9-6(13)3-5(12)4-7(9)14/h3-4H,2H2,1H3,(H,16,19)(H,15,17,18). The van der Waals surface area contributed by atoms with Gasteiger partial charge in [-0.25, -0.2) is 4.98 Å². The van der Waals surface area contributed by atoms with Gasteiger partial charge in [0.1, 0.15) is 5.82 Å². The SMILES string of the molecule is CCc1nc(C(=O)Nc2c(Cl)cc(Br)cc2Cl)n[nH]1. The van der Waals surface area contributed by atoms with E-state index in [2.05, 4.69) is 36.4 Å². The molecule has 2 aromatic rings. The number of nitrogens with zero attached hydrogens (tertiary/aromatic N) is 2. The highest BCUT2D eigenvalue weighted by atomic mass is 79.9. The Labute approximate surface area is 127 Å². The van der Waals surface area contributed by atoms with Crippen molar-refractivity contribution in [1.82, 2.24) is 15.2 Å². The van der Waals surface area contributed by atoms with Crippen LogP contribution in [0.2, 0.25) is 10.0 Å². The van der Waals surface area contributed by atoms with Gasteiger partial charge >= 0.3 is 0 Å². The average Bonchev–Trinajstić information content (AvgIpc) is 2.82. The fourth-order valence-electron chi connectivity index (χ4n) is 1.39. The Kier molecular flexibility index (Phi) is 4.44. The largest absolute Gasteiger partial charge is 0.317 e. The second-order valence-corrected chi connectivity index (χ2v) is 5.39. The first kappa shape index (κ1) is 14.3. The molecule has 2 rings (SSSR count). The summed E-state index contributed by atoms with van der Waals surface area (Å²) >= 11 is 15.3. The van der Waals surface area contributed by atoms with E-state index in [0.717, 1.165) is 4.47 Å². The van der Waals surface area contributed by atoms with E-state index in [1.165, 1.54) is 0 Å². The van der Waals surface area contributed by atoms with Gasteiger partial charge in [-0.3, -0.25) is 9.89 Å². The highest BCUT2D eigenvalue weighted by Gasteiger charge is 2.16. The van der Waals surface area contributed by atoms with E-state index >= 15 is 0 Å². The Hall–Kier alpha value is -1.11. The smallest absolute Gasteiger partial charge is 0.295 e. The van der Waals surface area contributed by atoms with E-state index < -0.39 is 5.91 Å². The van der Waals surface area contributed by atoms with Crippen LogP contribution in [0.25, 0.3) is 0 Å². The quantitative estimate of drug-likeness (QED) is 0.873. The number of rotatable bonds is 3. The molecule has 0 aliphatic rings. The number of carbonyl (C=O) groups excluding carboxylic acids is 1. The minimum absolute atomic E-state index is 0.0481. The maximum atomic E-state index is 11.9. The summed E-state index contributed by atoms with van der Waals surface area (Å²) in [5.41, 5.74) is 0.333. The number of anilines is 1. The van der Waals surface area contributed by atoms with E-state index in [4.69, 9.17) is 23.2 Å². The first-order valence-corrected chi connectivity index (χ1v) is 6.93. The summed E-state index contributed by atoms with van der Waals surface area (Å²) < 4.78 is 0.728. The normalized spacial score (nSPS) is 10.5. The molecule has 8 heteroatoms. The van der Waals surface area contributed by atoms with E-state index in [0.29, 0.717) is 28.0 Å². The molecule has 1 aromatic carbocycles. The Morgan fingerprint density at radius 3 is 2.58 bits per heavy atom. The van der Waals surface area contributed by atoms with Crippen molar-refractivity contribution in [3.8, 4) is 0 Å². The third-order valence-corrected chi connectivity index (χ3v) is 3.37. The zero-order chi connectivity index (χ0) is 14.0. The summed E-state index contributed by atoms with van der Waals surface area (Å²) in [5.74, 6) is 0.215. The number of halogens is 3. The van der Waals surface area contributed by atoms with Gasteiger partial charge in [0.05, 0.1) is 15.7 Å². The molecule has 0 aliphatic carbocycles. The van der Waals surface area contributed by atoms with E-state index in [-0.39, 0.29) is 5.82 Å². The van der Waals surface area contributed by atoms with Crippen LogP contribution in [0.3, 0.4) is 0 Å². The summed E-state index contributed by atoms with van der Waals surface area (Å²) in [4.78, 5) is 16.0. The summed E-state index contributed by atoms with van der Waals surface area (Å²) in [5, 5.41) is 9.74. The van der Waals surface area contributed by atoms with Gasteiger partial charge in [0, 0.05) is 10.9 Å². The van der Waals surface area contributed by atoms with Crippen LogP contribution in [0, 0.1) is 0 Å². The number of aromatic amines is 1. The van der Waals surface area contributed by atoms with Gasteiger partial charge in [0.25, 0.3) is 5.91 Å². The third-order valence-electron chi connectivity index (χ3n) is 2.32. The van der Waals surface area contributed by atoms with Crippen molar-refractivity contribution in [1.29, 1.82) is 0 Å². The summed E-state index contributed by atoms with van der Waals surface area (Å²) in [6.45, 7) is 1.91. The van der Waals surface area contributed by atoms with Crippen molar-refractivity contribution in [3.05, 3.63) is 38.3 Å². The minimum atomic E-state index is -0.470. The van der Waals surface area contributed by atoms with Crippen LogP contribution in [-0.2, 0) is 6.42 Å². The molecule has 0 spiro atoms. The average molecular weight is 364 g/mol. The number of nitrogens with one attached hydrogen (secondary N) is 2. The van der Waals surface area contributed by atoms with Gasteiger partial charge in [-0.05, 0) is 12.1 Å². The number of benzene rings is 1. The summed E-state index contributed by atoms with van der Waals surface area (Å²) in [6.07, 6.45) is 0.667. The van der Waals surface area contributed by atoms with Gasteiger partial charge in [0.2, 0.25) is 5.82 Å². The van der Waals surface area contributed by atoms with Crippen LogP contribution in [0.5, 0.6) is 0 Å². The molecule has 0 fully saturated rings. The molecule has 1 heterocycles. The Morgan fingerprint density at radius 2 is 2.05 bits per heavy atom. The molecule has 100 valence electrons. The minimum Gasteiger partial charge on any atom is -0.317 e. The van der Waals surface area contributed by atoms with Crippen LogP contribution in [-0.4, -0.2) is 21.1 Å². The molecule has 0 saturated heterocycles. The summed E-state index contributed by atoms with van der Waals surface area (Å²) in [7, 11) is 0. The van der Waals surface area contributed by atoms with Crippen LogP contribution in [0.15, 0.2) is 16.6 Å². The van der Waals surface area contributed by atoms with Crippen molar-refractivity contribution >= 4 is 50.7 Å². The number of amides is 1. The Balaban J connectivity index is 2.24. The number of hydrogen-bond donors (Lipinski definition) is 2. The molecule has 1 amide bonds. The van der Waals surface area contributed by atoms with Crippen molar-refractivity contribution in [2.45, 2.75) is 13.3 Å². The number of H-pyrrole nitrogens is 1. The zero-order valence-corrected chi connectivity index (χ0v) is 12.9. The molecule has 0 unspecified atom stereocenters. The van der Waals surface area contributed by atoms with Crippen LogP contribution >= 0.6 is 39.1 Å². The molecule has 0 radical (unpaired) electrons. The Morgan fingerprint density at radius 1 is 1.42 bits per heavy atom. The lowest BCUT2D eigenvalue weighted by Gasteiger charge is -2.08. The molecular weight excluding hydrogens is 355 g/mol. The fourth-order valence-corrected chi connectivity index (χ4v) is 2.69. The molecule has 0 bridgehead atoms. The first-order valence-electron chi connectivity index (χ1n) is 5.38. The van der Waals surface area contributed by atoms with E-state index in [9.17, 15) is 4.79 Å². The van der Waals surface area contributed by atoms with Crippen LogP contribution in [0.1, 0.15) is 23.4 Å². The fraction of sp³-hybridized carbons (Fsp3) is 0.182. The second-order valence-electron chi connectivity index (χ2n) is 3.66. The van der Waals surface area contributed by atoms with Crippen molar-refractivity contribution in [3.63, 3.8) is 0 Å². The predicted molar refractivity (Wildman–Crippen MR) is 77.9 cm³/mol. The Bertz CT molecular complexity index is 606. The molecule has 1 aromatic heterocycles. The number of aromatic nitrogens is 3. The molecule has 0 aliphatic heterocycles. The molecule has 0 saturated carbocycles. The lowest BCUT2D eigenvalue weighted by atomic mass is 10.3. The molecule has 0 atom stereocenters. The van der Waals surface area contributed by atoms with Gasteiger partial charge in [0.15, 0.2) is 0 Å². The predicted octanol–water partition coefficient (Wildman–Crippen LogP) is 3.69. The highest BCUT2D eigenvalue weighted by Crippen LogP contribution is 2.33. The number of carbonyl (C=O) groups is 1. The van der Waals surface area contributed by atoms with E-state index in [1.807, 2.05) is 6.92 Å². The molecule has 5 nitrogen and oxygen atoms in total. The van der Waals surface area contributed by atoms with Gasteiger partial charge < -0.3 is 5.32 Å². The van der Waals surface area contributed by atoms with Crippen LogP contribution < -0.4 is 5.32 Å². The van der Waals surface area contributed by atoms with Crippen LogP contribution in [0.4, 0.5) is 5.69 Å². The van der Waals surface area contributed by atoms with Gasteiger partial charge in [-0.2, -0.15) is 0 Å². The second kappa shape index (κ2) is 5.90. The van der Waals surface area contributed by atoms with Crippen molar-refractivity contribution in [2.75, 3.05) is 5.32 Å². The number of aryl methyl sites for hydroxylation is 1. The molecular formula is C11H9BrCl2N4O. The lowest BCUT2D eigenvalue weighted by Crippen LogP contribution is -2.14. The molecule has 2 N–H and O–H groups in total. The molecule has 19 heavy (non-hydrogen) atoms. The number of hydrogen-bond acceptors (Lipinski definition) is 3. The van der Waals surface area contributed by atoms with Gasteiger partial charge in [-0.15, -0.1) is 5.10 Å². The van der Waals surface area contributed by atoms with Crippen molar-refractivity contribution in [2.24, 2.45) is 0 Å². The van der Waals surface area contributed by atoms with Crippen molar-refractivity contribution < 1.29 is 4.79 Å². The van der Waals surface area contributed by atoms with Gasteiger partial charge in [-0.1, -0.05) is 46.1 Å². The monoisotopic (exact) mass is 362 g/mol. The maximum Gasteiger partial charge on any atom is 0.295 e. The maximum absolute atomic E-state index is 11.9. The lowest BCUT2D eigenvalue weighted by molar-refractivity contribution is 0.101. The van der Waals surface area contributed by atoms with E-state index in [1.54, 1.807) is 12.1 Å². The zero-order valence-electron chi connectivity index (χ0n) is 9.80. The highest BCUT2D eigenvalue weighted by molar-refractivity contribution is 9.10. The third kappa shape index (κ3) is 3.26. The first-order chi connectivity index (χ1) is 9.01.